The van der Waals surface area contributed by atoms with Crippen LogP contribution < -0.4 is 15.8 Å². The Morgan fingerprint density at radius 3 is 2.41 bits per heavy atom. The number of amides is 2. The molecule has 0 bridgehead atoms. The summed E-state index contributed by atoms with van der Waals surface area (Å²) >= 11 is 3.15. The summed E-state index contributed by atoms with van der Waals surface area (Å²) in [6.45, 7) is 1.30. The van der Waals surface area contributed by atoms with Gasteiger partial charge in [-0.25, -0.2) is 18.6 Å². The minimum atomic E-state index is -4.54. The highest BCUT2D eigenvalue weighted by Gasteiger charge is 2.31. The first-order chi connectivity index (χ1) is 18.5. The van der Waals surface area contributed by atoms with Gasteiger partial charge >= 0.3 is 12.3 Å². The Balaban J connectivity index is 1.64. The van der Waals surface area contributed by atoms with E-state index in [2.05, 4.69) is 26.2 Å². The quantitative estimate of drug-likeness (QED) is 0.370. The average Bonchev–Trinajstić information content (AvgIpc) is 3.28. The first-order valence-electron chi connectivity index (χ1n) is 11.4. The zero-order valence-corrected chi connectivity index (χ0v) is 21.4. The Kier molecular flexibility index (Phi) is 8.39. The van der Waals surface area contributed by atoms with Crippen LogP contribution in [-0.2, 0) is 10.9 Å². The second kappa shape index (κ2) is 11.6. The highest BCUT2D eigenvalue weighted by molar-refractivity contribution is 9.10. The van der Waals surface area contributed by atoms with E-state index in [0.29, 0.717) is 26.2 Å². The minimum Gasteiger partial charge on any atom is -0.474 e. The molecule has 0 spiro atoms. The molecule has 0 saturated carbocycles. The number of ether oxygens (including phenoxy) is 2. The van der Waals surface area contributed by atoms with E-state index in [-0.39, 0.29) is 21.8 Å². The van der Waals surface area contributed by atoms with Gasteiger partial charge in [0.25, 0.3) is 5.91 Å². The van der Waals surface area contributed by atoms with E-state index in [1.807, 2.05) is 0 Å². The van der Waals surface area contributed by atoms with Crippen molar-refractivity contribution < 1.29 is 45.4 Å². The number of carbonyl (C=O) groups is 2. The fourth-order valence-corrected chi connectivity index (χ4v) is 4.18. The molecule has 2 aromatic carbocycles. The van der Waals surface area contributed by atoms with Crippen molar-refractivity contribution in [2.75, 3.05) is 32.8 Å². The summed E-state index contributed by atoms with van der Waals surface area (Å²) in [5, 5.41) is 3.08. The summed E-state index contributed by atoms with van der Waals surface area (Å²) in [5.41, 5.74) is 3.48. The number of piperazine rings is 1. The standard InChI is InChI=1S/C24H20BrF5N4O5/c25-20-19(12-1-3-13(4-2-12)24(28,29)30)33-22(39-20)16(11-37-23(36)34-9-7-32-8-10-34)38-15-6-5-14(26)17(18(15)27)21(31)35/h1-6,16,32H,7-11H2,(H2,31,35). The molecule has 1 unspecified atom stereocenters. The largest absolute Gasteiger partial charge is 0.474 e. The van der Waals surface area contributed by atoms with Gasteiger partial charge in [0.1, 0.15) is 23.7 Å². The maximum atomic E-state index is 14.9. The van der Waals surface area contributed by atoms with E-state index >= 15 is 0 Å². The lowest BCUT2D eigenvalue weighted by atomic mass is 10.1. The molecule has 3 N–H and O–H groups in total. The molecule has 1 saturated heterocycles. The molecule has 3 aromatic rings. The molecule has 1 fully saturated rings. The van der Waals surface area contributed by atoms with Crippen LogP contribution in [0.15, 0.2) is 45.5 Å². The Morgan fingerprint density at radius 2 is 1.79 bits per heavy atom. The third-order valence-corrected chi connectivity index (χ3v) is 6.21. The van der Waals surface area contributed by atoms with Gasteiger partial charge in [-0.05, 0) is 40.2 Å². The van der Waals surface area contributed by atoms with Crippen LogP contribution in [0.5, 0.6) is 5.75 Å². The van der Waals surface area contributed by atoms with Gasteiger partial charge in [-0.1, -0.05) is 12.1 Å². The molecule has 2 heterocycles. The van der Waals surface area contributed by atoms with Gasteiger partial charge < -0.3 is 29.8 Å². The third kappa shape index (κ3) is 6.47. The number of benzene rings is 2. The molecule has 39 heavy (non-hydrogen) atoms. The van der Waals surface area contributed by atoms with E-state index in [1.165, 1.54) is 17.0 Å². The molecule has 9 nitrogen and oxygen atoms in total. The normalized spacial score (nSPS) is 14.7. The van der Waals surface area contributed by atoms with Crippen LogP contribution in [0.2, 0.25) is 0 Å². The zero-order valence-electron chi connectivity index (χ0n) is 19.9. The molecule has 0 radical (unpaired) electrons. The predicted molar refractivity (Wildman–Crippen MR) is 129 cm³/mol. The van der Waals surface area contributed by atoms with E-state index in [9.17, 15) is 31.5 Å². The number of alkyl halides is 3. The second-order valence-corrected chi connectivity index (χ2v) is 8.99. The minimum absolute atomic E-state index is 0.00306. The molecule has 1 aliphatic rings. The molecule has 0 aliphatic carbocycles. The van der Waals surface area contributed by atoms with Crippen LogP contribution in [-0.4, -0.2) is 54.7 Å². The van der Waals surface area contributed by atoms with Gasteiger partial charge in [-0.2, -0.15) is 13.2 Å². The number of oxazole rings is 1. The van der Waals surface area contributed by atoms with E-state index in [1.54, 1.807) is 0 Å². The molecule has 208 valence electrons. The fraction of sp³-hybridized carbons (Fsp3) is 0.292. The van der Waals surface area contributed by atoms with Crippen molar-refractivity contribution in [3.63, 3.8) is 0 Å². The summed E-state index contributed by atoms with van der Waals surface area (Å²) in [4.78, 5) is 29.7. The van der Waals surface area contributed by atoms with Gasteiger partial charge in [0.15, 0.2) is 16.2 Å². The van der Waals surface area contributed by atoms with Gasteiger partial charge in [0, 0.05) is 31.7 Å². The van der Waals surface area contributed by atoms with Crippen LogP contribution in [0, 0.1) is 11.6 Å². The number of nitrogens with one attached hydrogen (secondary N) is 1. The maximum absolute atomic E-state index is 14.9. The van der Waals surface area contributed by atoms with Crippen LogP contribution in [0.3, 0.4) is 0 Å². The number of nitrogens with zero attached hydrogens (tertiary/aromatic N) is 2. The first-order valence-corrected chi connectivity index (χ1v) is 12.2. The lowest BCUT2D eigenvalue weighted by molar-refractivity contribution is -0.137. The molecule has 1 atom stereocenters. The Hall–Kier alpha value is -3.72. The van der Waals surface area contributed by atoms with Gasteiger partial charge in [0.2, 0.25) is 12.0 Å². The van der Waals surface area contributed by atoms with Crippen molar-refractivity contribution in [3.8, 4) is 17.0 Å². The number of hydrogen-bond acceptors (Lipinski definition) is 7. The highest BCUT2D eigenvalue weighted by atomic mass is 79.9. The van der Waals surface area contributed by atoms with Crippen LogP contribution in [0.4, 0.5) is 26.7 Å². The van der Waals surface area contributed by atoms with Crippen molar-refractivity contribution in [1.82, 2.24) is 15.2 Å². The smallest absolute Gasteiger partial charge is 0.416 e. The number of aromatic nitrogens is 1. The lowest BCUT2D eigenvalue weighted by Gasteiger charge is -2.27. The molecule has 1 aliphatic heterocycles. The molecule has 1 aromatic heterocycles. The number of hydrogen-bond donors (Lipinski definition) is 2. The van der Waals surface area contributed by atoms with E-state index in [0.717, 1.165) is 24.3 Å². The Morgan fingerprint density at radius 1 is 1.13 bits per heavy atom. The van der Waals surface area contributed by atoms with Gasteiger partial charge in [-0.15, -0.1) is 0 Å². The molecule has 2 amide bonds. The topological polar surface area (TPSA) is 120 Å². The molecular formula is C24H20BrF5N4O5. The fourth-order valence-electron chi connectivity index (χ4n) is 3.69. The van der Waals surface area contributed by atoms with Crippen LogP contribution in [0.1, 0.15) is 27.9 Å². The van der Waals surface area contributed by atoms with Gasteiger partial charge in [0.05, 0.1) is 5.56 Å². The molecule has 15 heteroatoms. The van der Waals surface area contributed by atoms with Crippen molar-refractivity contribution >= 4 is 27.9 Å². The second-order valence-electron chi connectivity index (χ2n) is 8.27. The number of halogens is 6. The monoisotopic (exact) mass is 618 g/mol. The SMILES string of the molecule is NC(=O)c1c(F)ccc(OC(COC(=O)N2CCNCC2)c2nc(-c3ccc(C(F)(F)F)cc3)c(Br)o2)c1F. The Labute approximate surface area is 226 Å². The summed E-state index contributed by atoms with van der Waals surface area (Å²) < 4.78 is 84.2. The predicted octanol–water partition coefficient (Wildman–Crippen LogP) is 4.66. The Bertz CT molecular complexity index is 1360. The summed E-state index contributed by atoms with van der Waals surface area (Å²) in [6, 6.07) is 5.73. The van der Waals surface area contributed by atoms with Crippen molar-refractivity contribution in [2.24, 2.45) is 5.73 Å². The number of nitrogens with two attached hydrogens (primary N) is 1. The van der Waals surface area contributed by atoms with Crippen LogP contribution >= 0.6 is 15.9 Å². The summed E-state index contributed by atoms with van der Waals surface area (Å²) in [6.07, 6.45) is -6.66. The summed E-state index contributed by atoms with van der Waals surface area (Å²) in [7, 11) is 0. The van der Waals surface area contributed by atoms with E-state index in [4.69, 9.17) is 19.6 Å². The third-order valence-electron chi connectivity index (χ3n) is 5.67. The van der Waals surface area contributed by atoms with Crippen molar-refractivity contribution in [3.05, 3.63) is 69.7 Å². The molecular weight excluding hydrogens is 599 g/mol. The van der Waals surface area contributed by atoms with Crippen molar-refractivity contribution in [2.45, 2.75) is 12.3 Å². The lowest BCUT2D eigenvalue weighted by Crippen LogP contribution is -2.46. The maximum Gasteiger partial charge on any atom is 0.416 e. The highest BCUT2D eigenvalue weighted by Crippen LogP contribution is 2.36. The number of carbonyl (C=O) groups excluding carboxylic acids is 2. The summed E-state index contributed by atoms with van der Waals surface area (Å²) in [5.74, 6) is -4.85. The van der Waals surface area contributed by atoms with Gasteiger partial charge in [-0.3, -0.25) is 4.79 Å². The first kappa shape index (κ1) is 28.3. The average molecular weight is 619 g/mol. The molecule has 4 rings (SSSR count). The number of rotatable bonds is 7. The van der Waals surface area contributed by atoms with Crippen LogP contribution in [0.25, 0.3) is 11.3 Å². The number of primary amides is 1. The zero-order chi connectivity index (χ0) is 28.3. The van der Waals surface area contributed by atoms with E-state index < -0.39 is 59.4 Å². The van der Waals surface area contributed by atoms with Crippen molar-refractivity contribution in [1.29, 1.82) is 0 Å².